The number of pyridine rings is 1. The van der Waals surface area contributed by atoms with Gasteiger partial charge in [0.1, 0.15) is 11.4 Å². The summed E-state index contributed by atoms with van der Waals surface area (Å²) < 4.78 is 5.24. The van der Waals surface area contributed by atoms with Crippen LogP contribution in [0.4, 0.5) is 16.3 Å². The third-order valence-corrected chi connectivity index (χ3v) is 5.71. The number of nitrogens with zero attached hydrogens (tertiary/aromatic N) is 2. The van der Waals surface area contributed by atoms with E-state index in [9.17, 15) is 14.4 Å². The van der Waals surface area contributed by atoms with E-state index in [1.54, 1.807) is 38.7 Å². The van der Waals surface area contributed by atoms with Gasteiger partial charge >= 0.3 is 17.9 Å². The fourth-order valence-corrected chi connectivity index (χ4v) is 4.45. The predicted octanol–water partition coefficient (Wildman–Crippen LogP) is 4.92. The Labute approximate surface area is 201 Å². The minimum atomic E-state index is -0.712. The van der Waals surface area contributed by atoms with Gasteiger partial charge in [-0.2, -0.15) is 0 Å². The second kappa shape index (κ2) is 10.2. The highest BCUT2D eigenvalue weighted by atomic mass is 16.6. The summed E-state index contributed by atoms with van der Waals surface area (Å²) in [6.45, 7) is 11.8. The van der Waals surface area contributed by atoms with Gasteiger partial charge in [0.2, 0.25) is 0 Å². The van der Waals surface area contributed by atoms with E-state index >= 15 is 0 Å². The second-order valence-electron chi connectivity index (χ2n) is 10.1. The van der Waals surface area contributed by atoms with Crippen LogP contribution in [0.5, 0.6) is 0 Å². The molecule has 3 amide bonds. The van der Waals surface area contributed by atoms with Gasteiger partial charge in [-0.05, 0) is 63.1 Å². The van der Waals surface area contributed by atoms with Gasteiger partial charge in [0, 0.05) is 6.54 Å². The van der Waals surface area contributed by atoms with Crippen molar-refractivity contribution < 1.29 is 19.1 Å². The summed E-state index contributed by atoms with van der Waals surface area (Å²) in [6, 6.07) is 11.3. The molecule has 3 rings (SSSR count). The van der Waals surface area contributed by atoms with Crippen LogP contribution >= 0.6 is 0 Å². The summed E-state index contributed by atoms with van der Waals surface area (Å²) in [5, 5.41) is 5.26. The van der Waals surface area contributed by atoms with E-state index in [0.717, 1.165) is 12.0 Å². The third-order valence-electron chi connectivity index (χ3n) is 5.71. The summed E-state index contributed by atoms with van der Waals surface area (Å²) in [7, 11) is 0. The van der Waals surface area contributed by atoms with E-state index < -0.39 is 23.5 Å². The number of carbonyl (C=O) groups excluding carboxylic acids is 3. The predicted molar refractivity (Wildman–Crippen MR) is 131 cm³/mol. The Morgan fingerprint density at radius 1 is 1.09 bits per heavy atom. The topological polar surface area (TPSA) is 101 Å². The molecule has 0 saturated carbocycles. The molecule has 0 bridgehead atoms. The maximum absolute atomic E-state index is 13.2. The smallest absolute Gasteiger partial charge is 0.413 e. The van der Waals surface area contributed by atoms with Crippen molar-refractivity contribution in [1.29, 1.82) is 0 Å². The number of hydrogen-bond acceptors (Lipinski definition) is 5. The van der Waals surface area contributed by atoms with E-state index in [1.165, 1.54) is 6.20 Å². The fourth-order valence-electron chi connectivity index (χ4n) is 4.45. The largest absolute Gasteiger partial charge is 0.444 e. The number of carbonyl (C=O) groups is 3. The molecule has 1 aromatic heterocycles. The number of amides is 3. The molecule has 1 aliphatic rings. The second-order valence-corrected chi connectivity index (χ2v) is 10.1. The van der Waals surface area contributed by atoms with Gasteiger partial charge in [0.25, 0.3) is 0 Å². The van der Waals surface area contributed by atoms with Gasteiger partial charge in [0.15, 0.2) is 0 Å². The van der Waals surface area contributed by atoms with Crippen LogP contribution in [0.25, 0.3) is 0 Å². The summed E-state index contributed by atoms with van der Waals surface area (Å²) in [5.41, 5.74) is 1.39. The van der Waals surface area contributed by atoms with Crippen molar-refractivity contribution in [2.75, 3.05) is 17.2 Å². The van der Waals surface area contributed by atoms with Gasteiger partial charge in [0.05, 0.1) is 17.9 Å². The van der Waals surface area contributed by atoms with Crippen molar-refractivity contribution in [3.05, 3.63) is 53.7 Å². The molecule has 8 nitrogen and oxygen atoms in total. The molecule has 0 aliphatic carbocycles. The lowest BCUT2D eigenvalue weighted by Gasteiger charge is -2.42. The Kier molecular flexibility index (Phi) is 7.59. The number of aromatic nitrogens is 1. The number of rotatable bonds is 3. The van der Waals surface area contributed by atoms with Crippen LogP contribution in [0, 0.1) is 18.8 Å². The van der Waals surface area contributed by atoms with E-state index in [2.05, 4.69) is 29.5 Å². The lowest BCUT2D eigenvalue weighted by atomic mass is 9.81. The molecule has 1 aromatic carbocycles. The molecular weight excluding hydrogens is 432 g/mol. The van der Waals surface area contributed by atoms with Crippen molar-refractivity contribution in [3.63, 3.8) is 0 Å². The first-order valence-electron chi connectivity index (χ1n) is 11.6. The highest BCUT2D eigenvalue weighted by Gasteiger charge is 2.38. The average Bonchev–Trinajstić information content (AvgIpc) is 2.74. The van der Waals surface area contributed by atoms with Crippen LogP contribution in [-0.4, -0.2) is 39.9 Å². The summed E-state index contributed by atoms with van der Waals surface area (Å²) >= 11 is 0. The molecule has 182 valence electrons. The van der Waals surface area contributed by atoms with Gasteiger partial charge < -0.3 is 15.0 Å². The highest BCUT2D eigenvalue weighted by Crippen LogP contribution is 2.38. The molecule has 2 N–H and O–H groups in total. The molecule has 34 heavy (non-hydrogen) atoms. The molecule has 3 atom stereocenters. The number of likely N-dealkylation sites (tertiary alicyclic amines) is 1. The van der Waals surface area contributed by atoms with Crippen molar-refractivity contribution in [2.45, 2.75) is 59.6 Å². The SMILES string of the molecule is Cc1cc(NC(=O)C(=O)N2CC(C)CC(C)C2c2ccccc2)cnc1NC(=O)OC(C)(C)C. The standard InChI is InChI=1S/C26H34N4O4/c1-16-12-17(2)21(19-10-8-7-9-11-19)30(15-16)24(32)23(31)28-20-13-18(3)22(27-14-20)29-25(33)34-26(4,5)6/h7-11,13-14,16-17,21H,12,15H2,1-6H3,(H,28,31)(H,27,29,33). The van der Waals surface area contributed by atoms with Gasteiger partial charge in [-0.15, -0.1) is 0 Å². The zero-order chi connectivity index (χ0) is 25.0. The van der Waals surface area contributed by atoms with Crippen LogP contribution in [0.15, 0.2) is 42.6 Å². The lowest BCUT2D eigenvalue weighted by molar-refractivity contribution is -0.147. The number of piperidine rings is 1. The van der Waals surface area contributed by atoms with Crippen LogP contribution in [-0.2, 0) is 14.3 Å². The molecule has 1 saturated heterocycles. The van der Waals surface area contributed by atoms with E-state index in [1.807, 2.05) is 30.3 Å². The molecule has 0 radical (unpaired) electrons. The molecule has 1 fully saturated rings. The minimum absolute atomic E-state index is 0.157. The molecule has 8 heteroatoms. The number of aryl methyl sites for hydroxylation is 1. The number of benzene rings is 1. The number of nitrogens with one attached hydrogen (secondary N) is 2. The van der Waals surface area contributed by atoms with E-state index in [-0.39, 0.29) is 12.0 Å². The molecule has 2 aromatic rings. The summed E-state index contributed by atoms with van der Waals surface area (Å²) in [5.74, 6) is -0.433. The fraction of sp³-hybridized carbons (Fsp3) is 0.462. The normalized spacial score (nSPS) is 20.4. The maximum Gasteiger partial charge on any atom is 0.413 e. The summed E-state index contributed by atoms with van der Waals surface area (Å²) in [6.07, 6.45) is 1.77. The maximum atomic E-state index is 13.2. The Morgan fingerprint density at radius 3 is 2.38 bits per heavy atom. The quantitative estimate of drug-likeness (QED) is 0.625. The van der Waals surface area contributed by atoms with Crippen molar-refractivity contribution >= 4 is 29.4 Å². The summed E-state index contributed by atoms with van der Waals surface area (Å²) in [4.78, 5) is 44.0. The van der Waals surface area contributed by atoms with E-state index in [0.29, 0.717) is 29.5 Å². The van der Waals surface area contributed by atoms with Crippen LogP contribution < -0.4 is 10.6 Å². The van der Waals surface area contributed by atoms with Crippen LogP contribution in [0.3, 0.4) is 0 Å². The number of hydrogen-bond donors (Lipinski definition) is 2. The highest BCUT2D eigenvalue weighted by molar-refractivity contribution is 6.39. The molecule has 2 heterocycles. The monoisotopic (exact) mass is 466 g/mol. The first-order chi connectivity index (χ1) is 15.9. The molecule has 1 aliphatic heterocycles. The molecular formula is C26H34N4O4. The Balaban J connectivity index is 1.72. The van der Waals surface area contributed by atoms with Gasteiger partial charge in [-0.3, -0.25) is 14.9 Å². The van der Waals surface area contributed by atoms with Gasteiger partial charge in [-0.1, -0.05) is 44.2 Å². The Hall–Kier alpha value is -3.42. The zero-order valence-electron chi connectivity index (χ0n) is 20.7. The van der Waals surface area contributed by atoms with Crippen LogP contribution in [0.2, 0.25) is 0 Å². The number of anilines is 2. The molecule has 3 unspecified atom stereocenters. The Bertz CT molecular complexity index is 1050. The third kappa shape index (κ3) is 6.34. The lowest BCUT2D eigenvalue weighted by Crippen LogP contribution is -2.49. The molecule has 0 spiro atoms. The van der Waals surface area contributed by atoms with Crippen molar-refractivity contribution in [3.8, 4) is 0 Å². The number of ether oxygens (including phenoxy) is 1. The van der Waals surface area contributed by atoms with Crippen molar-refractivity contribution in [1.82, 2.24) is 9.88 Å². The average molecular weight is 467 g/mol. The van der Waals surface area contributed by atoms with Crippen molar-refractivity contribution in [2.24, 2.45) is 11.8 Å². The van der Waals surface area contributed by atoms with Gasteiger partial charge in [-0.25, -0.2) is 9.78 Å². The first kappa shape index (κ1) is 25.2. The van der Waals surface area contributed by atoms with E-state index in [4.69, 9.17) is 4.74 Å². The van der Waals surface area contributed by atoms with Crippen LogP contribution in [0.1, 0.15) is 58.2 Å². The first-order valence-corrected chi connectivity index (χ1v) is 11.6. The minimum Gasteiger partial charge on any atom is -0.444 e. The Morgan fingerprint density at radius 2 is 1.76 bits per heavy atom. The zero-order valence-corrected chi connectivity index (χ0v) is 20.7.